The van der Waals surface area contributed by atoms with Crippen LogP contribution in [0.5, 0.6) is 0 Å². The zero-order valence-corrected chi connectivity index (χ0v) is 11.6. The van der Waals surface area contributed by atoms with Crippen LogP contribution in [0.4, 0.5) is 0 Å². The Balaban J connectivity index is 1.93. The zero-order chi connectivity index (χ0) is 13.1. The van der Waals surface area contributed by atoms with Gasteiger partial charge in [-0.1, -0.05) is 18.3 Å². The largest absolute Gasteiger partial charge is 0.299 e. The average molecular weight is 273 g/mol. The molecule has 2 aliphatic carbocycles. The summed E-state index contributed by atoms with van der Waals surface area (Å²) < 4.78 is 25.2. The fourth-order valence-electron chi connectivity index (χ4n) is 4.25. The number of fused-ring (bicyclic) bond motifs is 2. The molecule has 6 heteroatoms. The van der Waals surface area contributed by atoms with Gasteiger partial charge in [0, 0.05) is 11.8 Å². The van der Waals surface area contributed by atoms with Crippen molar-refractivity contribution >= 4 is 15.8 Å². The monoisotopic (exact) mass is 273 g/mol. The van der Waals surface area contributed by atoms with E-state index in [0.29, 0.717) is 18.3 Å². The number of hydrogen-bond donors (Lipinski definition) is 0. The lowest BCUT2D eigenvalue weighted by molar-refractivity contribution is -0.127. The van der Waals surface area contributed by atoms with Crippen molar-refractivity contribution in [3.63, 3.8) is 0 Å². The Morgan fingerprint density at radius 1 is 1.50 bits per heavy atom. The number of hydrogen-bond acceptors (Lipinski definition) is 4. The minimum atomic E-state index is -3.42. The molecule has 0 aromatic heterocycles. The van der Waals surface area contributed by atoms with E-state index in [-0.39, 0.29) is 24.2 Å². The molecule has 0 spiro atoms. The van der Waals surface area contributed by atoms with Gasteiger partial charge in [0.05, 0.1) is 5.75 Å². The van der Waals surface area contributed by atoms with Crippen molar-refractivity contribution < 1.29 is 18.0 Å². The van der Waals surface area contributed by atoms with Crippen LogP contribution in [0.25, 0.3) is 0 Å². The SMILES string of the molecule is CC(C)C1C2CCC1(CS(=O)(=O)N1CO1)C(=O)C2. The first-order chi connectivity index (χ1) is 8.37. The predicted octanol–water partition coefficient (Wildman–Crippen LogP) is 1.16. The van der Waals surface area contributed by atoms with Crippen LogP contribution in [0.2, 0.25) is 0 Å². The van der Waals surface area contributed by atoms with Gasteiger partial charge in [-0.25, -0.2) is 8.42 Å². The molecule has 0 aromatic rings. The second-order valence-corrected chi connectivity index (χ2v) is 8.03. The maximum atomic E-state index is 12.3. The number of Topliss-reactive ketones (excluding diaryl/α,β-unsaturated/α-hetero) is 1. The Labute approximate surface area is 107 Å². The summed E-state index contributed by atoms with van der Waals surface area (Å²) in [6.45, 7) is 4.33. The quantitative estimate of drug-likeness (QED) is 0.721. The van der Waals surface area contributed by atoms with Crippen molar-refractivity contribution in [2.45, 2.75) is 33.1 Å². The first kappa shape index (κ1) is 12.6. The van der Waals surface area contributed by atoms with E-state index in [9.17, 15) is 13.2 Å². The lowest BCUT2D eigenvalue weighted by Crippen LogP contribution is -2.41. The van der Waals surface area contributed by atoms with Crippen molar-refractivity contribution in [3.05, 3.63) is 0 Å². The Hall–Kier alpha value is -0.460. The lowest BCUT2D eigenvalue weighted by Gasteiger charge is -2.32. The first-order valence-corrected chi connectivity index (χ1v) is 8.14. The first-order valence-electron chi connectivity index (χ1n) is 6.53. The highest BCUT2D eigenvalue weighted by atomic mass is 32.2. The fourth-order valence-corrected chi connectivity index (χ4v) is 5.91. The molecule has 2 saturated carbocycles. The molecule has 4 atom stereocenters. The molecule has 3 rings (SSSR count). The maximum Gasteiger partial charge on any atom is 0.239 e. The number of hydroxylamine groups is 1. The number of carbonyl (C=O) groups excluding carboxylic acids is 1. The maximum absolute atomic E-state index is 12.3. The van der Waals surface area contributed by atoms with Crippen molar-refractivity contribution in [3.8, 4) is 0 Å². The molecular weight excluding hydrogens is 254 g/mol. The van der Waals surface area contributed by atoms with E-state index in [4.69, 9.17) is 4.84 Å². The van der Waals surface area contributed by atoms with Crippen LogP contribution in [0.1, 0.15) is 33.1 Å². The number of nitrogens with zero attached hydrogens (tertiary/aromatic N) is 1. The number of ketones is 1. The van der Waals surface area contributed by atoms with Gasteiger partial charge in [0.25, 0.3) is 0 Å². The summed E-state index contributed by atoms with van der Waals surface area (Å²) in [4.78, 5) is 17.0. The summed E-state index contributed by atoms with van der Waals surface area (Å²) >= 11 is 0. The molecular formula is C12H19NO4S. The number of rotatable bonds is 4. The summed E-state index contributed by atoms with van der Waals surface area (Å²) in [7, 11) is -3.42. The Bertz CT molecular complexity index is 482. The second-order valence-electron chi connectivity index (χ2n) is 6.17. The Morgan fingerprint density at radius 2 is 2.17 bits per heavy atom. The minimum Gasteiger partial charge on any atom is -0.299 e. The van der Waals surface area contributed by atoms with Gasteiger partial charge < -0.3 is 0 Å². The molecule has 0 amide bonds. The van der Waals surface area contributed by atoms with E-state index in [2.05, 4.69) is 13.8 Å². The van der Waals surface area contributed by atoms with E-state index in [1.807, 2.05) is 0 Å². The van der Waals surface area contributed by atoms with E-state index < -0.39 is 15.4 Å². The van der Waals surface area contributed by atoms with Gasteiger partial charge in [-0.15, -0.1) is 0 Å². The van der Waals surface area contributed by atoms with Gasteiger partial charge in [-0.2, -0.15) is 0 Å². The van der Waals surface area contributed by atoms with Gasteiger partial charge in [-0.3, -0.25) is 9.63 Å². The molecule has 0 radical (unpaired) electrons. The van der Waals surface area contributed by atoms with Crippen LogP contribution >= 0.6 is 0 Å². The van der Waals surface area contributed by atoms with Crippen LogP contribution in [0, 0.1) is 23.2 Å². The number of sulfonamides is 1. The summed E-state index contributed by atoms with van der Waals surface area (Å²) in [6, 6.07) is 0. The summed E-state index contributed by atoms with van der Waals surface area (Å²) in [5.74, 6) is 1.07. The van der Waals surface area contributed by atoms with Crippen molar-refractivity contribution in [2.75, 3.05) is 12.5 Å². The molecule has 1 saturated heterocycles. The van der Waals surface area contributed by atoms with Crippen LogP contribution in [-0.4, -0.2) is 31.2 Å². The highest BCUT2D eigenvalue weighted by molar-refractivity contribution is 7.89. The molecule has 3 fully saturated rings. The number of carbonyl (C=O) groups is 1. The van der Waals surface area contributed by atoms with Crippen molar-refractivity contribution in [1.29, 1.82) is 0 Å². The molecule has 102 valence electrons. The summed E-state index contributed by atoms with van der Waals surface area (Å²) in [5, 5.41) is 0. The van der Waals surface area contributed by atoms with Gasteiger partial charge >= 0.3 is 0 Å². The van der Waals surface area contributed by atoms with Gasteiger partial charge in [-0.05, 0) is 30.6 Å². The third-order valence-corrected chi connectivity index (χ3v) is 6.52. The molecule has 2 bridgehead atoms. The van der Waals surface area contributed by atoms with Crippen LogP contribution < -0.4 is 0 Å². The molecule has 0 aromatic carbocycles. The molecule has 1 aliphatic heterocycles. The van der Waals surface area contributed by atoms with E-state index in [1.165, 1.54) is 0 Å². The van der Waals surface area contributed by atoms with Crippen LogP contribution in [0.3, 0.4) is 0 Å². The normalized spacial score (nSPS) is 42.8. The van der Waals surface area contributed by atoms with Crippen molar-refractivity contribution in [2.24, 2.45) is 23.2 Å². The molecule has 3 aliphatic rings. The van der Waals surface area contributed by atoms with Gasteiger partial charge in [0.2, 0.25) is 10.0 Å². The molecule has 4 unspecified atom stereocenters. The average Bonchev–Trinajstić information content (AvgIpc) is 2.99. The van der Waals surface area contributed by atoms with Gasteiger partial charge in [0.1, 0.15) is 5.78 Å². The standard InChI is InChI=1S/C12H19NO4S/c1-8(2)11-9-3-4-12(11,10(14)5-9)6-18(15,16)13-7-17-13/h8-9,11H,3-7H2,1-2H3. The third-order valence-electron chi connectivity index (χ3n) is 4.81. The van der Waals surface area contributed by atoms with Gasteiger partial charge in [0.15, 0.2) is 6.73 Å². The fraction of sp³-hybridized carbons (Fsp3) is 0.917. The smallest absolute Gasteiger partial charge is 0.239 e. The van der Waals surface area contributed by atoms with Crippen LogP contribution in [0.15, 0.2) is 0 Å². The summed E-state index contributed by atoms with van der Waals surface area (Å²) in [5.41, 5.74) is -0.635. The predicted molar refractivity (Wildman–Crippen MR) is 64.7 cm³/mol. The molecule has 18 heavy (non-hydrogen) atoms. The highest BCUT2D eigenvalue weighted by Gasteiger charge is 2.62. The van der Waals surface area contributed by atoms with E-state index >= 15 is 0 Å². The Morgan fingerprint density at radius 3 is 2.67 bits per heavy atom. The minimum absolute atomic E-state index is 0.0574. The van der Waals surface area contributed by atoms with Crippen LogP contribution in [-0.2, 0) is 19.7 Å². The highest BCUT2D eigenvalue weighted by Crippen LogP contribution is 2.59. The Kier molecular flexibility index (Phi) is 2.63. The van der Waals surface area contributed by atoms with E-state index in [1.54, 1.807) is 0 Å². The summed E-state index contributed by atoms with van der Waals surface area (Å²) in [6.07, 6.45) is 2.29. The van der Waals surface area contributed by atoms with E-state index in [0.717, 1.165) is 17.3 Å². The van der Waals surface area contributed by atoms with Crippen molar-refractivity contribution in [1.82, 2.24) is 4.47 Å². The zero-order valence-electron chi connectivity index (χ0n) is 10.8. The molecule has 1 heterocycles. The lowest BCUT2D eigenvalue weighted by atomic mass is 9.75. The molecule has 5 nitrogen and oxygen atoms in total. The topological polar surface area (TPSA) is 66.8 Å². The second kappa shape index (κ2) is 3.77. The molecule has 0 N–H and O–H groups in total. The third kappa shape index (κ3) is 1.66.